The van der Waals surface area contributed by atoms with Gasteiger partial charge in [-0.15, -0.1) is 11.3 Å². The first-order valence-corrected chi connectivity index (χ1v) is 11.1. The third kappa shape index (κ3) is 5.36. The zero-order valence-electron chi connectivity index (χ0n) is 16.1. The number of benzene rings is 2. The maximum Gasteiger partial charge on any atom is 0.471 e. The number of alkyl halides is 3. The minimum atomic E-state index is -5.05. The molecule has 11 heteroatoms. The largest absolute Gasteiger partial charge is 0.497 e. The number of halogens is 3. The van der Waals surface area contributed by atoms with E-state index in [1.54, 1.807) is 41.7 Å². The molecule has 3 rings (SSSR count). The molecule has 0 fully saturated rings. The number of hydrogen-bond acceptors (Lipinski definition) is 5. The highest BCUT2D eigenvalue weighted by Crippen LogP contribution is 2.29. The minimum Gasteiger partial charge on any atom is -0.497 e. The second-order valence-corrected chi connectivity index (χ2v) is 9.16. The van der Waals surface area contributed by atoms with Crippen molar-refractivity contribution in [3.8, 4) is 5.75 Å². The molecule has 2 aromatic carbocycles. The van der Waals surface area contributed by atoms with Crippen molar-refractivity contribution < 1.29 is 31.1 Å². The van der Waals surface area contributed by atoms with Gasteiger partial charge in [0.25, 0.3) is 10.0 Å². The summed E-state index contributed by atoms with van der Waals surface area (Å²) in [4.78, 5) is 11.7. The topological polar surface area (TPSA) is 75.7 Å². The van der Waals surface area contributed by atoms with Crippen LogP contribution in [-0.2, 0) is 21.4 Å². The summed E-state index contributed by atoms with van der Waals surface area (Å²) in [7, 11) is -2.56. The van der Waals surface area contributed by atoms with Crippen molar-refractivity contribution in [3.63, 3.8) is 0 Å². The highest BCUT2D eigenvalue weighted by molar-refractivity contribution is 7.92. The Morgan fingerprint density at radius 1 is 1.06 bits per heavy atom. The van der Waals surface area contributed by atoms with Crippen LogP contribution < -0.4 is 14.4 Å². The van der Waals surface area contributed by atoms with Gasteiger partial charge in [-0.25, -0.2) is 8.42 Å². The lowest BCUT2D eigenvalue weighted by molar-refractivity contribution is -0.167. The Balaban J connectivity index is 1.92. The quantitative estimate of drug-likeness (QED) is 0.545. The third-order valence-corrected chi connectivity index (χ3v) is 6.85. The lowest BCUT2D eigenvalue weighted by atomic mass is 10.3. The standard InChI is InChI=1S/C20H17F3N2O4S2/c1-29-16-8-6-15(7-9-16)25(13-17-3-2-12-30-17)31(27,28)18-10-4-14(5-11-18)24-19(26)20(21,22)23/h2-12H,13H2,1H3,(H,24,26). The highest BCUT2D eigenvalue weighted by Gasteiger charge is 2.38. The van der Waals surface area contributed by atoms with Crippen LogP contribution in [0.25, 0.3) is 0 Å². The van der Waals surface area contributed by atoms with E-state index in [0.29, 0.717) is 11.4 Å². The van der Waals surface area contributed by atoms with Gasteiger partial charge in [-0.1, -0.05) is 6.07 Å². The number of amides is 1. The molecule has 164 valence electrons. The first kappa shape index (κ1) is 22.6. The molecule has 1 heterocycles. The molecule has 1 amide bonds. The Bertz CT molecular complexity index is 1130. The van der Waals surface area contributed by atoms with Crippen molar-refractivity contribution in [2.75, 3.05) is 16.7 Å². The second kappa shape index (κ2) is 8.98. The Labute approximate surface area is 180 Å². The fourth-order valence-corrected chi connectivity index (χ4v) is 4.86. The molecule has 0 aliphatic heterocycles. The number of thiophene rings is 1. The van der Waals surface area contributed by atoms with Gasteiger partial charge in [-0.05, 0) is 60.0 Å². The summed E-state index contributed by atoms with van der Waals surface area (Å²) in [5.74, 6) is -1.58. The Hall–Kier alpha value is -3.05. The fourth-order valence-electron chi connectivity index (χ4n) is 2.65. The summed E-state index contributed by atoms with van der Waals surface area (Å²) >= 11 is 1.39. The molecule has 0 aliphatic rings. The van der Waals surface area contributed by atoms with E-state index >= 15 is 0 Å². The average molecular weight is 470 g/mol. The van der Waals surface area contributed by atoms with Crippen LogP contribution in [-0.4, -0.2) is 27.6 Å². The first-order chi connectivity index (χ1) is 14.6. The van der Waals surface area contributed by atoms with Crippen molar-refractivity contribution >= 4 is 38.6 Å². The minimum absolute atomic E-state index is 0.0683. The molecule has 0 unspecified atom stereocenters. The average Bonchev–Trinajstić information content (AvgIpc) is 3.25. The van der Waals surface area contributed by atoms with E-state index in [2.05, 4.69) is 0 Å². The van der Waals surface area contributed by atoms with Gasteiger partial charge in [0.1, 0.15) is 5.75 Å². The van der Waals surface area contributed by atoms with E-state index in [1.165, 1.54) is 22.8 Å². The monoisotopic (exact) mass is 470 g/mol. The molecular weight excluding hydrogens is 453 g/mol. The van der Waals surface area contributed by atoms with E-state index in [4.69, 9.17) is 4.74 Å². The molecule has 0 atom stereocenters. The van der Waals surface area contributed by atoms with Gasteiger partial charge < -0.3 is 10.1 Å². The molecule has 0 spiro atoms. The van der Waals surface area contributed by atoms with Crippen molar-refractivity contribution in [1.82, 2.24) is 0 Å². The normalized spacial score (nSPS) is 11.7. The zero-order valence-corrected chi connectivity index (χ0v) is 17.7. The van der Waals surface area contributed by atoms with Crippen molar-refractivity contribution in [2.24, 2.45) is 0 Å². The second-order valence-electron chi connectivity index (χ2n) is 6.27. The van der Waals surface area contributed by atoms with E-state index in [1.807, 2.05) is 5.38 Å². The van der Waals surface area contributed by atoms with Gasteiger partial charge in [-0.3, -0.25) is 9.10 Å². The fraction of sp³-hybridized carbons (Fsp3) is 0.150. The number of carbonyl (C=O) groups excluding carboxylic acids is 1. The number of rotatable bonds is 7. The van der Waals surface area contributed by atoms with Crippen LogP contribution in [0.4, 0.5) is 24.5 Å². The number of nitrogens with one attached hydrogen (secondary N) is 1. The van der Waals surface area contributed by atoms with E-state index in [0.717, 1.165) is 29.1 Å². The maximum absolute atomic E-state index is 13.3. The van der Waals surface area contributed by atoms with E-state index in [-0.39, 0.29) is 17.1 Å². The van der Waals surface area contributed by atoms with Gasteiger partial charge >= 0.3 is 12.1 Å². The Morgan fingerprint density at radius 3 is 2.23 bits per heavy atom. The van der Waals surface area contributed by atoms with Crippen molar-refractivity contribution in [1.29, 1.82) is 0 Å². The molecule has 1 aromatic heterocycles. The number of ether oxygens (including phenoxy) is 1. The van der Waals surface area contributed by atoms with Gasteiger partial charge in [0.2, 0.25) is 0 Å². The SMILES string of the molecule is COc1ccc(N(Cc2cccs2)S(=O)(=O)c2ccc(NC(=O)C(F)(F)F)cc2)cc1. The summed E-state index contributed by atoms with van der Waals surface area (Å²) < 4.78 is 70.2. The zero-order chi connectivity index (χ0) is 22.6. The van der Waals surface area contributed by atoms with Crippen LogP contribution in [0.5, 0.6) is 5.75 Å². The molecule has 0 bridgehead atoms. The van der Waals surface area contributed by atoms with Crippen LogP contribution >= 0.6 is 11.3 Å². The van der Waals surface area contributed by atoms with Crippen molar-refractivity contribution in [2.45, 2.75) is 17.6 Å². The molecule has 0 saturated heterocycles. The van der Waals surface area contributed by atoms with E-state index < -0.39 is 22.1 Å². The summed E-state index contributed by atoms with van der Waals surface area (Å²) in [5, 5.41) is 3.51. The smallest absolute Gasteiger partial charge is 0.471 e. The van der Waals surface area contributed by atoms with E-state index in [9.17, 15) is 26.4 Å². The lowest BCUT2D eigenvalue weighted by Crippen LogP contribution is -2.31. The number of hydrogen-bond donors (Lipinski definition) is 1. The van der Waals surface area contributed by atoms with Crippen LogP contribution in [0.15, 0.2) is 70.9 Å². The number of nitrogens with zero attached hydrogens (tertiary/aromatic N) is 1. The molecule has 0 saturated carbocycles. The molecule has 0 radical (unpaired) electrons. The predicted molar refractivity (Wildman–Crippen MR) is 112 cm³/mol. The Morgan fingerprint density at radius 2 is 1.71 bits per heavy atom. The summed E-state index contributed by atoms with van der Waals surface area (Å²) in [6.45, 7) is 0.0683. The van der Waals surface area contributed by atoms with Gasteiger partial charge in [-0.2, -0.15) is 13.2 Å². The molecule has 3 aromatic rings. The molecule has 1 N–H and O–H groups in total. The summed E-state index contributed by atoms with van der Waals surface area (Å²) in [6.07, 6.45) is -5.05. The van der Waals surface area contributed by atoms with Crippen LogP contribution in [0.2, 0.25) is 0 Å². The first-order valence-electron chi connectivity index (χ1n) is 8.78. The van der Waals surface area contributed by atoms with Gasteiger partial charge in [0.05, 0.1) is 24.2 Å². The van der Waals surface area contributed by atoms with Gasteiger partial charge in [0, 0.05) is 10.6 Å². The van der Waals surface area contributed by atoms with Crippen LogP contribution in [0, 0.1) is 0 Å². The molecular formula is C20H17F3N2O4S2. The predicted octanol–water partition coefficient (Wildman–Crippen LogP) is 4.65. The molecule has 0 aliphatic carbocycles. The number of methoxy groups -OCH3 is 1. The lowest BCUT2D eigenvalue weighted by Gasteiger charge is -2.24. The van der Waals surface area contributed by atoms with Crippen LogP contribution in [0.1, 0.15) is 4.88 Å². The van der Waals surface area contributed by atoms with Crippen LogP contribution in [0.3, 0.4) is 0 Å². The number of sulfonamides is 1. The summed E-state index contributed by atoms with van der Waals surface area (Å²) in [6, 6.07) is 14.6. The molecule has 6 nitrogen and oxygen atoms in total. The molecule has 31 heavy (non-hydrogen) atoms. The van der Waals surface area contributed by atoms with Crippen molar-refractivity contribution in [3.05, 3.63) is 70.9 Å². The Kier molecular flexibility index (Phi) is 6.56. The number of anilines is 2. The third-order valence-electron chi connectivity index (χ3n) is 4.20. The van der Waals surface area contributed by atoms with Gasteiger partial charge in [0.15, 0.2) is 0 Å². The maximum atomic E-state index is 13.3. The number of carbonyl (C=O) groups is 1. The summed E-state index contributed by atoms with van der Waals surface area (Å²) in [5.41, 5.74) is 0.221. The highest BCUT2D eigenvalue weighted by atomic mass is 32.2.